The van der Waals surface area contributed by atoms with E-state index < -0.39 is 0 Å². The predicted octanol–water partition coefficient (Wildman–Crippen LogP) is 5.03. The lowest BCUT2D eigenvalue weighted by molar-refractivity contribution is 0.102. The maximum atomic E-state index is 12.7. The largest absolute Gasteiger partial charge is 0.493 e. The molecule has 1 aromatic carbocycles. The van der Waals surface area contributed by atoms with Crippen molar-refractivity contribution in [2.45, 2.75) is 40.0 Å². The van der Waals surface area contributed by atoms with Crippen molar-refractivity contribution >= 4 is 22.2 Å². The first-order valence-electron chi connectivity index (χ1n) is 9.06. The second-order valence-electron chi connectivity index (χ2n) is 7.35. The van der Waals surface area contributed by atoms with Crippen LogP contribution in [-0.2, 0) is 12.8 Å². The summed E-state index contributed by atoms with van der Waals surface area (Å²) in [5.74, 6) is 1.53. The van der Waals surface area contributed by atoms with Crippen LogP contribution < -0.4 is 10.1 Å². The molecule has 2 aromatic rings. The topological polar surface area (TPSA) is 62.1 Å². The number of ether oxygens (including phenoxy) is 1. The molecule has 1 aliphatic carbocycles. The summed E-state index contributed by atoms with van der Waals surface area (Å²) in [6.45, 7) is 7.01. The third kappa shape index (κ3) is 4.08. The van der Waals surface area contributed by atoms with Crippen molar-refractivity contribution in [1.82, 2.24) is 0 Å². The zero-order chi connectivity index (χ0) is 18.7. The van der Waals surface area contributed by atoms with E-state index in [2.05, 4.69) is 32.2 Å². The summed E-state index contributed by atoms with van der Waals surface area (Å²) in [4.78, 5) is 13.9. The smallest absolute Gasteiger partial charge is 0.256 e. The Hall–Kier alpha value is -2.32. The van der Waals surface area contributed by atoms with E-state index >= 15 is 0 Å². The molecule has 0 bridgehead atoms. The number of nitrogens with zero attached hydrogens (tertiary/aromatic N) is 1. The van der Waals surface area contributed by atoms with Gasteiger partial charge in [0, 0.05) is 10.4 Å². The van der Waals surface area contributed by atoms with Gasteiger partial charge in [-0.3, -0.25) is 4.79 Å². The van der Waals surface area contributed by atoms with Crippen LogP contribution in [0.2, 0.25) is 0 Å². The lowest BCUT2D eigenvalue weighted by Crippen LogP contribution is -2.12. The van der Waals surface area contributed by atoms with Gasteiger partial charge < -0.3 is 10.1 Å². The Kier molecular flexibility index (Phi) is 5.63. The van der Waals surface area contributed by atoms with Gasteiger partial charge in [0.1, 0.15) is 16.8 Å². The van der Waals surface area contributed by atoms with E-state index in [4.69, 9.17) is 4.74 Å². The summed E-state index contributed by atoms with van der Waals surface area (Å²) in [7, 11) is 0. The molecule has 3 rings (SSSR count). The number of benzene rings is 1. The van der Waals surface area contributed by atoms with Crippen molar-refractivity contribution in [3.05, 3.63) is 45.8 Å². The first-order valence-corrected chi connectivity index (χ1v) is 9.88. The summed E-state index contributed by atoms with van der Waals surface area (Å²) >= 11 is 1.55. The number of anilines is 1. The molecule has 5 heteroatoms. The summed E-state index contributed by atoms with van der Waals surface area (Å²) in [6.07, 6.45) is 3.01. The fraction of sp³-hybridized carbons (Fsp3) is 0.429. The Morgan fingerprint density at radius 2 is 2.27 bits per heavy atom. The van der Waals surface area contributed by atoms with E-state index in [-0.39, 0.29) is 5.91 Å². The van der Waals surface area contributed by atoms with Gasteiger partial charge in [0.2, 0.25) is 0 Å². The van der Waals surface area contributed by atoms with Gasteiger partial charge >= 0.3 is 0 Å². The van der Waals surface area contributed by atoms with Crippen molar-refractivity contribution in [1.29, 1.82) is 5.26 Å². The van der Waals surface area contributed by atoms with Gasteiger partial charge in [-0.2, -0.15) is 5.26 Å². The number of nitriles is 1. The minimum absolute atomic E-state index is 0.205. The standard InChI is InChI=1S/C21H24N2O2S/c1-13(2)12-25-16-6-4-5-15(10-16)20(24)23-21-18(11-22)17-8-7-14(3)9-19(17)26-21/h4-6,10,13-14H,7-9,12H2,1-3H3,(H,23,24)/t14-/m0/s1. The Balaban J connectivity index is 1.78. The van der Waals surface area contributed by atoms with E-state index in [0.717, 1.165) is 24.8 Å². The number of thiophene rings is 1. The summed E-state index contributed by atoms with van der Waals surface area (Å²) in [6, 6.07) is 9.47. The fourth-order valence-corrected chi connectivity index (χ4v) is 4.48. The highest BCUT2D eigenvalue weighted by Crippen LogP contribution is 2.39. The van der Waals surface area contributed by atoms with Crippen LogP contribution in [0.5, 0.6) is 5.75 Å². The van der Waals surface area contributed by atoms with Crippen molar-refractivity contribution in [2.24, 2.45) is 11.8 Å². The Morgan fingerprint density at radius 1 is 1.46 bits per heavy atom. The van der Waals surface area contributed by atoms with Crippen molar-refractivity contribution in [3.63, 3.8) is 0 Å². The van der Waals surface area contributed by atoms with Gasteiger partial charge in [0.05, 0.1) is 12.2 Å². The second kappa shape index (κ2) is 7.92. The Labute approximate surface area is 158 Å². The van der Waals surface area contributed by atoms with E-state index in [9.17, 15) is 10.1 Å². The highest BCUT2D eigenvalue weighted by Gasteiger charge is 2.24. The van der Waals surface area contributed by atoms with Crippen LogP contribution in [0.25, 0.3) is 0 Å². The number of amides is 1. The number of nitrogens with one attached hydrogen (secondary N) is 1. The van der Waals surface area contributed by atoms with Gasteiger partial charge in [0.15, 0.2) is 0 Å². The van der Waals surface area contributed by atoms with Gasteiger partial charge in [-0.15, -0.1) is 11.3 Å². The molecule has 1 aliphatic rings. The lowest BCUT2D eigenvalue weighted by atomic mass is 9.88. The number of rotatable bonds is 5. The van der Waals surface area contributed by atoms with Crippen LogP contribution in [-0.4, -0.2) is 12.5 Å². The molecule has 0 aliphatic heterocycles. The number of hydrogen-bond donors (Lipinski definition) is 1. The monoisotopic (exact) mass is 368 g/mol. The first-order chi connectivity index (χ1) is 12.5. The van der Waals surface area contributed by atoms with E-state index in [1.54, 1.807) is 23.5 Å². The second-order valence-corrected chi connectivity index (χ2v) is 8.46. The van der Waals surface area contributed by atoms with Crippen LogP contribution in [0.4, 0.5) is 5.00 Å². The number of carbonyl (C=O) groups is 1. The average Bonchev–Trinajstić information content (AvgIpc) is 2.96. The number of fused-ring (bicyclic) bond motifs is 1. The summed E-state index contributed by atoms with van der Waals surface area (Å²) < 4.78 is 5.70. The molecule has 4 nitrogen and oxygen atoms in total. The highest BCUT2D eigenvalue weighted by molar-refractivity contribution is 7.16. The molecule has 0 saturated heterocycles. The minimum Gasteiger partial charge on any atom is -0.493 e. The zero-order valence-electron chi connectivity index (χ0n) is 15.5. The Morgan fingerprint density at radius 3 is 3.00 bits per heavy atom. The quantitative estimate of drug-likeness (QED) is 0.805. The molecule has 0 spiro atoms. The lowest BCUT2D eigenvalue weighted by Gasteiger charge is -2.17. The zero-order valence-corrected chi connectivity index (χ0v) is 16.3. The van der Waals surface area contributed by atoms with Crippen molar-refractivity contribution < 1.29 is 9.53 Å². The van der Waals surface area contributed by atoms with Crippen LogP contribution in [0.15, 0.2) is 24.3 Å². The molecule has 26 heavy (non-hydrogen) atoms. The molecule has 0 unspecified atom stereocenters. The highest BCUT2D eigenvalue weighted by atomic mass is 32.1. The van der Waals surface area contributed by atoms with E-state index in [1.807, 2.05) is 12.1 Å². The molecule has 1 heterocycles. The maximum Gasteiger partial charge on any atom is 0.256 e. The average molecular weight is 369 g/mol. The molecule has 1 amide bonds. The van der Waals surface area contributed by atoms with Gasteiger partial charge in [-0.1, -0.05) is 26.8 Å². The molecular formula is C21H24N2O2S. The van der Waals surface area contributed by atoms with Crippen molar-refractivity contribution in [3.8, 4) is 11.8 Å². The molecule has 0 fully saturated rings. The molecule has 1 atom stereocenters. The molecular weight excluding hydrogens is 344 g/mol. The molecule has 0 saturated carbocycles. The van der Waals surface area contributed by atoms with E-state index in [1.165, 1.54) is 4.88 Å². The third-order valence-corrected chi connectivity index (χ3v) is 5.70. The fourth-order valence-electron chi connectivity index (χ4n) is 3.12. The predicted molar refractivity (Wildman–Crippen MR) is 105 cm³/mol. The van der Waals surface area contributed by atoms with Crippen molar-refractivity contribution in [2.75, 3.05) is 11.9 Å². The third-order valence-electron chi connectivity index (χ3n) is 4.53. The maximum absolute atomic E-state index is 12.7. The van der Waals surface area contributed by atoms with Gasteiger partial charge in [-0.25, -0.2) is 0 Å². The summed E-state index contributed by atoms with van der Waals surface area (Å²) in [5, 5.41) is 13.2. The van der Waals surface area contributed by atoms with Crippen LogP contribution in [0.1, 0.15) is 53.6 Å². The van der Waals surface area contributed by atoms with E-state index in [0.29, 0.717) is 40.3 Å². The minimum atomic E-state index is -0.205. The first kappa shape index (κ1) is 18.5. The normalized spacial score (nSPS) is 16.0. The number of hydrogen-bond acceptors (Lipinski definition) is 4. The van der Waals surface area contributed by atoms with Crippen LogP contribution in [0.3, 0.4) is 0 Å². The molecule has 136 valence electrons. The van der Waals surface area contributed by atoms with Gasteiger partial charge in [-0.05, 0) is 54.9 Å². The number of carbonyl (C=O) groups excluding carboxylic acids is 1. The summed E-state index contributed by atoms with van der Waals surface area (Å²) in [5.41, 5.74) is 2.30. The van der Waals surface area contributed by atoms with Crippen LogP contribution in [0, 0.1) is 23.2 Å². The molecule has 0 radical (unpaired) electrons. The Bertz CT molecular complexity index is 848. The van der Waals surface area contributed by atoms with Gasteiger partial charge in [0.25, 0.3) is 5.91 Å². The van der Waals surface area contributed by atoms with Crippen LogP contribution >= 0.6 is 11.3 Å². The molecule has 1 aromatic heterocycles. The molecule has 1 N–H and O–H groups in total. The SMILES string of the molecule is CC(C)COc1cccc(C(=O)Nc2sc3c(c2C#N)CC[C@H](C)C3)c1.